The van der Waals surface area contributed by atoms with Crippen molar-refractivity contribution in [3.8, 4) is 55.6 Å². The predicted molar refractivity (Wildman–Crippen MR) is 225 cm³/mol. The predicted octanol–water partition coefficient (Wildman–Crippen LogP) is 14.5. The monoisotopic (exact) mass is 678 g/mol. The molecule has 254 valence electrons. The SMILES string of the molecule is CC1(C)c2ccccc2-c2ccc(-c3c4ccccc4c(-c4ccc5c(c4)C4(CCCCC4)c4ccccc4-5)c4ccc(-c5ccccc5)cc34)cc21. The van der Waals surface area contributed by atoms with Crippen molar-refractivity contribution in [2.24, 2.45) is 0 Å². The van der Waals surface area contributed by atoms with E-state index in [1.807, 2.05) is 0 Å². The van der Waals surface area contributed by atoms with Gasteiger partial charge in [-0.25, -0.2) is 0 Å². The van der Waals surface area contributed by atoms with Gasteiger partial charge in [0.15, 0.2) is 0 Å². The maximum atomic E-state index is 2.60. The van der Waals surface area contributed by atoms with Crippen molar-refractivity contribution in [3.63, 3.8) is 0 Å². The minimum absolute atomic E-state index is 0.0697. The van der Waals surface area contributed by atoms with E-state index >= 15 is 0 Å². The van der Waals surface area contributed by atoms with E-state index in [1.165, 1.54) is 120 Å². The minimum Gasteiger partial charge on any atom is -0.0622 e. The largest absolute Gasteiger partial charge is 0.0622 e. The summed E-state index contributed by atoms with van der Waals surface area (Å²) in [5.41, 5.74) is 19.3. The van der Waals surface area contributed by atoms with Crippen molar-refractivity contribution < 1.29 is 0 Å². The van der Waals surface area contributed by atoms with Crippen LogP contribution in [0.2, 0.25) is 0 Å². The molecule has 1 spiro atoms. The molecule has 0 amide bonds. The molecule has 53 heavy (non-hydrogen) atoms. The summed E-state index contributed by atoms with van der Waals surface area (Å²) in [6, 6.07) is 60.2. The van der Waals surface area contributed by atoms with Gasteiger partial charge in [0.05, 0.1) is 0 Å². The van der Waals surface area contributed by atoms with Gasteiger partial charge >= 0.3 is 0 Å². The van der Waals surface area contributed by atoms with Crippen molar-refractivity contribution >= 4 is 21.5 Å². The van der Waals surface area contributed by atoms with Crippen LogP contribution in [-0.2, 0) is 10.8 Å². The first-order valence-electron chi connectivity index (χ1n) is 19.6. The highest BCUT2D eigenvalue weighted by Gasteiger charge is 2.44. The fourth-order valence-electron chi connectivity index (χ4n) is 10.8. The Kier molecular flexibility index (Phi) is 6.63. The summed E-state index contributed by atoms with van der Waals surface area (Å²) < 4.78 is 0. The van der Waals surface area contributed by atoms with Crippen molar-refractivity contribution in [2.75, 3.05) is 0 Å². The fourth-order valence-corrected chi connectivity index (χ4v) is 10.8. The summed E-state index contributed by atoms with van der Waals surface area (Å²) >= 11 is 0. The second-order valence-corrected chi connectivity index (χ2v) is 16.3. The van der Waals surface area contributed by atoms with E-state index in [0.717, 1.165) is 0 Å². The molecule has 0 N–H and O–H groups in total. The summed E-state index contributed by atoms with van der Waals surface area (Å²) in [5, 5.41) is 5.25. The zero-order valence-electron chi connectivity index (χ0n) is 30.5. The first-order valence-corrected chi connectivity index (χ1v) is 19.6. The van der Waals surface area contributed by atoms with Gasteiger partial charge in [-0.1, -0.05) is 173 Å². The van der Waals surface area contributed by atoms with Gasteiger partial charge in [0.25, 0.3) is 0 Å². The highest BCUT2D eigenvalue weighted by molar-refractivity contribution is 6.22. The zero-order valence-corrected chi connectivity index (χ0v) is 30.5. The molecule has 0 aliphatic heterocycles. The van der Waals surface area contributed by atoms with Gasteiger partial charge in [-0.05, 0) is 130 Å². The van der Waals surface area contributed by atoms with Gasteiger partial charge < -0.3 is 0 Å². The van der Waals surface area contributed by atoms with Gasteiger partial charge in [0.1, 0.15) is 0 Å². The average Bonchev–Trinajstić information content (AvgIpc) is 3.61. The summed E-state index contributed by atoms with van der Waals surface area (Å²) in [5.74, 6) is 0. The quantitative estimate of drug-likeness (QED) is 0.163. The third-order valence-electron chi connectivity index (χ3n) is 13.3. The molecule has 0 radical (unpaired) electrons. The van der Waals surface area contributed by atoms with Crippen molar-refractivity contribution in [2.45, 2.75) is 56.8 Å². The van der Waals surface area contributed by atoms with Crippen LogP contribution in [0, 0.1) is 0 Å². The molecule has 0 heteroatoms. The van der Waals surface area contributed by atoms with Crippen LogP contribution in [0.15, 0.2) is 158 Å². The van der Waals surface area contributed by atoms with Gasteiger partial charge in [-0.15, -0.1) is 0 Å². The van der Waals surface area contributed by atoms with Crippen molar-refractivity contribution in [1.29, 1.82) is 0 Å². The molecule has 0 aromatic heterocycles. The Hall–Kier alpha value is -5.72. The third-order valence-corrected chi connectivity index (χ3v) is 13.3. The van der Waals surface area contributed by atoms with Crippen molar-refractivity contribution in [3.05, 3.63) is 180 Å². The smallest absolute Gasteiger partial charge is 0.0215 e. The number of fused-ring (bicyclic) bond motifs is 10. The van der Waals surface area contributed by atoms with E-state index in [1.54, 1.807) is 11.1 Å². The molecule has 0 heterocycles. The highest BCUT2D eigenvalue weighted by atomic mass is 14.5. The van der Waals surface area contributed by atoms with E-state index in [4.69, 9.17) is 0 Å². The van der Waals surface area contributed by atoms with Crippen LogP contribution in [-0.4, -0.2) is 0 Å². The van der Waals surface area contributed by atoms with E-state index in [0.29, 0.717) is 0 Å². The lowest BCUT2D eigenvalue weighted by Crippen LogP contribution is -2.28. The van der Waals surface area contributed by atoms with E-state index in [-0.39, 0.29) is 10.8 Å². The third kappa shape index (κ3) is 4.36. The molecule has 3 aliphatic rings. The number of hydrogen-bond acceptors (Lipinski definition) is 0. The van der Waals surface area contributed by atoms with Crippen LogP contribution < -0.4 is 0 Å². The molecule has 1 saturated carbocycles. The van der Waals surface area contributed by atoms with Crippen LogP contribution in [0.3, 0.4) is 0 Å². The molecule has 0 unspecified atom stereocenters. The lowest BCUT2D eigenvalue weighted by atomic mass is 9.67. The lowest BCUT2D eigenvalue weighted by molar-refractivity contribution is 0.353. The molecule has 0 bridgehead atoms. The van der Waals surface area contributed by atoms with Gasteiger partial charge in [0, 0.05) is 10.8 Å². The molecule has 0 nitrogen and oxygen atoms in total. The van der Waals surface area contributed by atoms with Crippen LogP contribution in [0.1, 0.15) is 68.2 Å². The Morgan fingerprint density at radius 1 is 0.340 bits per heavy atom. The molecular weight excluding hydrogens is 637 g/mol. The minimum atomic E-state index is -0.0697. The molecule has 0 atom stereocenters. The van der Waals surface area contributed by atoms with E-state index in [2.05, 4.69) is 172 Å². The summed E-state index contributed by atoms with van der Waals surface area (Å²) in [6.07, 6.45) is 6.40. The molecule has 8 aromatic rings. The van der Waals surface area contributed by atoms with Gasteiger partial charge in [-0.2, -0.15) is 0 Å². The Morgan fingerprint density at radius 3 is 1.57 bits per heavy atom. The summed E-state index contributed by atoms with van der Waals surface area (Å²) in [4.78, 5) is 0. The molecule has 0 saturated heterocycles. The van der Waals surface area contributed by atoms with Crippen molar-refractivity contribution in [1.82, 2.24) is 0 Å². The number of benzene rings is 8. The second kappa shape index (κ2) is 11.4. The summed E-state index contributed by atoms with van der Waals surface area (Å²) in [7, 11) is 0. The molecule has 3 aliphatic carbocycles. The Bertz CT molecular complexity index is 2770. The number of hydrogen-bond donors (Lipinski definition) is 0. The normalized spacial score (nSPS) is 16.0. The maximum absolute atomic E-state index is 2.60. The average molecular weight is 679 g/mol. The van der Waals surface area contributed by atoms with E-state index < -0.39 is 0 Å². The number of rotatable bonds is 3. The summed E-state index contributed by atoms with van der Waals surface area (Å²) in [6.45, 7) is 4.78. The molecule has 11 rings (SSSR count). The maximum Gasteiger partial charge on any atom is 0.0215 e. The van der Waals surface area contributed by atoms with Crippen LogP contribution >= 0.6 is 0 Å². The topological polar surface area (TPSA) is 0 Å². The lowest BCUT2D eigenvalue weighted by Gasteiger charge is -2.36. The molecule has 1 fully saturated rings. The zero-order chi connectivity index (χ0) is 35.3. The van der Waals surface area contributed by atoms with Gasteiger partial charge in [0.2, 0.25) is 0 Å². The first-order chi connectivity index (χ1) is 26.0. The molecular formula is C53H42. The Morgan fingerprint density at radius 2 is 0.849 bits per heavy atom. The van der Waals surface area contributed by atoms with Gasteiger partial charge in [-0.3, -0.25) is 0 Å². The highest BCUT2D eigenvalue weighted by Crippen LogP contribution is 2.57. The Balaban J connectivity index is 1.20. The Labute approximate surface area is 312 Å². The van der Waals surface area contributed by atoms with Crippen LogP contribution in [0.25, 0.3) is 77.2 Å². The van der Waals surface area contributed by atoms with E-state index in [9.17, 15) is 0 Å². The second-order valence-electron chi connectivity index (χ2n) is 16.3. The molecule has 8 aromatic carbocycles. The van der Waals surface area contributed by atoms with Crippen LogP contribution in [0.4, 0.5) is 0 Å². The fraction of sp³-hybridized carbons (Fsp3) is 0.170. The van der Waals surface area contributed by atoms with Crippen LogP contribution in [0.5, 0.6) is 0 Å². The first kappa shape index (κ1) is 30.9. The standard InChI is InChI=1S/C53H42/c1-52(2)46-21-11-9-17-38(46)40-26-24-36(32-48(40)52)51-43-20-8-7-19-42(43)50(44-28-23-35(31-45(44)51)34-15-5-3-6-16-34)37-25-27-41-39-18-10-12-22-47(39)53(49(41)33-37)29-13-4-14-30-53/h3,5-12,15-28,31-33H,4,13-14,29-30H2,1-2H3.